The zero-order valence-corrected chi connectivity index (χ0v) is 13.9. The van der Waals surface area contributed by atoms with Crippen molar-refractivity contribution < 1.29 is 9.53 Å². The second-order valence-electron chi connectivity index (χ2n) is 6.24. The molecule has 0 heterocycles. The summed E-state index contributed by atoms with van der Waals surface area (Å²) < 4.78 is 5.70. The topological polar surface area (TPSA) is 26.3 Å². The molecule has 0 unspecified atom stereocenters. The third kappa shape index (κ3) is 3.23. The van der Waals surface area contributed by atoms with Gasteiger partial charge in [0.25, 0.3) is 0 Å². The third-order valence-electron chi connectivity index (χ3n) is 4.27. The first-order chi connectivity index (χ1) is 11.6. The fraction of sp³-hybridized carbons (Fsp3) is 0.136. The van der Waals surface area contributed by atoms with E-state index in [0.717, 1.165) is 5.56 Å². The molecule has 3 rings (SSSR count). The summed E-state index contributed by atoms with van der Waals surface area (Å²) in [4.78, 5) is 12.4. The predicted molar refractivity (Wildman–Crippen MR) is 96.4 cm³/mol. The molecule has 0 atom stereocenters. The van der Waals surface area contributed by atoms with Crippen LogP contribution in [0.25, 0.3) is 0 Å². The zero-order valence-electron chi connectivity index (χ0n) is 13.9. The minimum absolute atomic E-state index is 0.269. The van der Waals surface area contributed by atoms with Gasteiger partial charge in [0.1, 0.15) is 5.75 Å². The first-order valence-corrected chi connectivity index (χ1v) is 8.01. The number of ether oxygens (including phenoxy) is 1. The number of rotatable bonds is 4. The Kier molecular flexibility index (Phi) is 4.48. The molecule has 120 valence electrons. The molecular weight excluding hydrogens is 296 g/mol. The second kappa shape index (κ2) is 6.71. The molecule has 0 saturated heterocycles. The minimum atomic E-state index is -0.341. The van der Waals surface area contributed by atoms with Crippen molar-refractivity contribution >= 4 is 5.97 Å². The maximum absolute atomic E-state index is 12.4. The van der Waals surface area contributed by atoms with Crippen LogP contribution in [0.4, 0.5) is 0 Å². The average molecular weight is 316 g/mol. The fourth-order valence-corrected chi connectivity index (χ4v) is 2.82. The molecule has 0 saturated carbocycles. The van der Waals surface area contributed by atoms with Gasteiger partial charge >= 0.3 is 5.97 Å². The van der Waals surface area contributed by atoms with Crippen LogP contribution in [0.5, 0.6) is 5.75 Å². The maximum Gasteiger partial charge on any atom is 0.343 e. The molecule has 0 aliphatic carbocycles. The molecule has 0 spiro atoms. The van der Waals surface area contributed by atoms with Crippen LogP contribution in [-0.4, -0.2) is 5.97 Å². The van der Waals surface area contributed by atoms with Crippen LogP contribution >= 0.6 is 0 Å². The molecule has 0 radical (unpaired) electrons. The first kappa shape index (κ1) is 16.0. The van der Waals surface area contributed by atoms with Crippen molar-refractivity contribution in [2.75, 3.05) is 0 Å². The maximum atomic E-state index is 12.4. The van der Waals surface area contributed by atoms with E-state index in [2.05, 4.69) is 26.0 Å². The largest absolute Gasteiger partial charge is 0.423 e. The number of esters is 1. The number of benzene rings is 3. The Morgan fingerprint density at radius 1 is 0.750 bits per heavy atom. The van der Waals surface area contributed by atoms with Crippen LogP contribution in [-0.2, 0) is 5.41 Å². The summed E-state index contributed by atoms with van der Waals surface area (Å²) in [5, 5.41) is 0. The number of carbonyl (C=O) groups excluding carboxylic acids is 1. The summed E-state index contributed by atoms with van der Waals surface area (Å²) in [6, 6.07) is 27.0. The Morgan fingerprint density at radius 2 is 1.29 bits per heavy atom. The molecular formula is C22H20O2. The Morgan fingerprint density at radius 3 is 1.96 bits per heavy atom. The van der Waals surface area contributed by atoms with Gasteiger partial charge in [-0.3, -0.25) is 0 Å². The molecule has 3 aromatic rings. The SMILES string of the molecule is CC(C)(c1ccccc1)c1ccccc1OC(=O)c1ccccc1. The molecule has 0 N–H and O–H groups in total. The van der Waals surface area contributed by atoms with Crippen molar-refractivity contribution in [3.8, 4) is 5.75 Å². The summed E-state index contributed by atoms with van der Waals surface area (Å²) in [7, 11) is 0. The van der Waals surface area contributed by atoms with E-state index in [0.29, 0.717) is 11.3 Å². The van der Waals surface area contributed by atoms with Gasteiger partial charge in [0, 0.05) is 11.0 Å². The number of carbonyl (C=O) groups is 1. The molecule has 2 nitrogen and oxygen atoms in total. The monoisotopic (exact) mass is 316 g/mol. The molecule has 0 aliphatic rings. The van der Waals surface area contributed by atoms with Crippen LogP contribution in [0.15, 0.2) is 84.9 Å². The van der Waals surface area contributed by atoms with Gasteiger partial charge in [-0.15, -0.1) is 0 Å². The summed E-state index contributed by atoms with van der Waals surface area (Å²) in [6.45, 7) is 4.27. The molecule has 0 aliphatic heterocycles. The van der Waals surface area contributed by atoms with Crippen molar-refractivity contribution in [3.05, 3.63) is 102 Å². The highest BCUT2D eigenvalue weighted by Gasteiger charge is 2.27. The van der Waals surface area contributed by atoms with Crippen LogP contribution in [0.3, 0.4) is 0 Å². The lowest BCUT2D eigenvalue weighted by atomic mass is 9.78. The highest BCUT2D eigenvalue weighted by molar-refractivity contribution is 5.91. The normalized spacial score (nSPS) is 11.1. The molecule has 3 aromatic carbocycles. The zero-order chi connectivity index (χ0) is 17.0. The predicted octanol–water partition coefficient (Wildman–Crippen LogP) is 5.23. The van der Waals surface area contributed by atoms with Crippen LogP contribution < -0.4 is 4.74 Å². The Labute approximate surface area is 142 Å². The quantitative estimate of drug-likeness (QED) is 0.486. The fourth-order valence-electron chi connectivity index (χ4n) is 2.82. The van der Waals surface area contributed by atoms with Crippen LogP contribution in [0, 0.1) is 0 Å². The number of para-hydroxylation sites is 1. The summed E-state index contributed by atoms with van der Waals surface area (Å²) in [6.07, 6.45) is 0. The Balaban J connectivity index is 1.95. The summed E-state index contributed by atoms with van der Waals surface area (Å²) >= 11 is 0. The Hall–Kier alpha value is -2.87. The second-order valence-corrected chi connectivity index (χ2v) is 6.24. The van der Waals surface area contributed by atoms with Gasteiger partial charge < -0.3 is 4.74 Å². The van der Waals surface area contributed by atoms with Crippen molar-refractivity contribution in [2.24, 2.45) is 0 Å². The molecule has 2 heteroatoms. The van der Waals surface area contributed by atoms with Gasteiger partial charge in [0.05, 0.1) is 5.56 Å². The van der Waals surface area contributed by atoms with E-state index in [4.69, 9.17) is 4.74 Å². The highest BCUT2D eigenvalue weighted by atomic mass is 16.5. The lowest BCUT2D eigenvalue weighted by molar-refractivity contribution is 0.0732. The number of hydrogen-bond donors (Lipinski definition) is 0. The van der Waals surface area contributed by atoms with Gasteiger partial charge in [-0.1, -0.05) is 80.6 Å². The van der Waals surface area contributed by atoms with Gasteiger partial charge in [-0.05, 0) is 23.8 Å². The molecule has 0 fully saturated rings. The lowest BCUT2D eigenvalue weighted by Crippen LogP contribution is -2.21. The van der Waals surface area contributed by atoms with Gasteiger partial charge in [0.2, 0.25) is 0 Å². The van der Waals surface area contributed by atoms with E-state index < -0.39 is 0 Å². The van der Waals surface area contributed by atoms with Gasteiger partial charge in [-0.2, -0.15) is 0 Å². The van der Waals surface area contributed by atoms with Crippen LogP contribution in [0.1, 0.15) is 35.3 Å². The minimum Gasteiger partial charge on any atom is -0.423 e. The van der Waals surface area contributed by atoms with E-state index >= 15 is 0 Å². The molecule has 0 bridgehead atoms. The van der Waals surface area contributed by atoms with E-state index in [9.17, 15) is 4.79 Å². The van der Waals surface area contributed by atoms with Gasteiger partial charge in [0.15, 0.2) is 0 Å². The third-order valence-corrected chi connectivity index (χ3v) is 4.27. The average Bonchev–Trinajstić information content (AvgIpc) is 2.63. The van der Waals surface area contributed by atoms with E-state index in [-0.39, 0.29) is 11.4 Å². The Bertz CT molecular complexity index is 821. The van der Waals surface area contributed by atoms with E-state index in [1.807, 2.05) is 60.7 Å². The first-order valence-electron chi connectivity index (χ1n) is 8.01. The van der Waals surface area contributed by atoms with Crippen LogP contribution in [0.2, 0.25) is 0 Å². The van der Waals surface area contributed by atoms with Crippen molar-refractivity contribution in [1.29, 1.82) is 0 Å². The van der Waals surface area contributed by atoms with Crippen molar-refractivity contribution in [1.82, 2.24) is 0 Å². The summed E-state index contributed by atoms with van der Waals surface area (Å²) in [5.74, 6) is 0.257. The lowest BCUT2D eigenvalue weighted by Gasteiger charge is -2.27. The van der Waals surface area contributed by atoms with E-state index in [1.165, 1.54) is 5.56 Å². The molecule has 24 heavy (non-hydrogen) atoms. The van der Waals surface area contributed by atoms with Gasteiger partial charge in [-0.25, -0.2) is 4.79 Å². The smallest absolute Gasteiger partial charge is 0.343 e. The molecule has 0 amide bonds. The summed E-state index contributed by atoms with van der Waals surface area (Å²) in [5.41, 5.74) is 2.44. The number of hydrogen-bond acceptors (Lipinski definition) is 2. The highest BCUT2D eigenvalue weighted by Crippen LogP contribution is 2.37. The van der Waals surface area contributed by atoms with Crippen molar-refractivity contribution in [2.45, 2.75) is 19.3 Å². The van der Waals surface area contributed by atoms with E-state index in [1.54, 1.807) is 12.1 Å². The standard InChI is InChI=1S/C22H20O2/c1-22(2,18-13-7-4-8-14-18)19-15-9-10-16-20(19)24-21(23)17-11-5-3-6-12-17/h3-16H,1-2H3. The molecule has 0 aromatic heterocycles. The van der Waals surface area contributed by atoms with Crippen molar-refractivity contribution in [3.63, 3.8) is 0 Å².